The van der Waals surface area contributed by atoms with Crippen molar-refractivity contribution in [1.82, 2.24) is 9.21 Å². The number of piperidine rings is 1. The molecule has 0 N–H and O–H groups in total. The Hall–Kier alpha value is -1.47. The molecule has 0 radical (unpaired) electrons. The maximum Gasteiger partial charge on any atom is 0.243 e. The smallest absolute Gasteiger partial charge is 0.243 e. The molecular weight excluding hydrogens is 411 g/mol. The highest BCUT2D eigenvalue weighted by Crippen LogP contribution is 2.28. The van der Waals surface area contributed by atoms with Crippen molar-refractivity contribution in [2.45, 2.75) is 37.6 Å². The highest BCUT2D eigenvalue weighted by molar-refractivity contribution is 7.89. The molecule has 1 fully saturated rings. The fraction of sp³-hybridized carbons (Fsp3) is 0.455. The third kappa shape index (κ3) is 4.82. The Morgan fingerprint density at radius 3 is 2.66 bits per heavy atom. The predicted octanol–water partition coefficient (Wildman–Crippen LogP) is 4.01. The SMILES string of the molecule is Cc1ccc(F)cc1S(=O)(=O)N1CCCC(CN2CCc3ccccc3C2)C1.Cl. The normalized spacial score (nSPS) is 20.7. The van der Waals surface area contributed by atoms with Gasteiger partial charge in [-0.05, 0) is 60.9 Å². The fourth-order valence-electron chi connectivity index (χ4n) is 4.46. The average molecular weight is 439 g/mol. The molecule has 0 aromatic heterocycles. The van der Waals surface area contributed by atoms with Gasteiger partial charge in [0.25, 0.3) is 0 Å². The van der Waals surface area contributed by atoms with Gasteiger partial charge < -0.3 is 0 Å². The van der Waals surface area contributed by atoms with Gasteiger partial charge in [0.1, 0.15) is 5.82 Å². The minimum Gasteiger partial charge on any atom is -0.298 e. The molecule has 158 valence electrons. The molecule has 29 heavy (non-hydrogen) atoms. The summed E-state index contributed by atoms with van der Waals surface area (Å²) >= 11 is 0. The lowest BCUT2D eigenvalue weighted by Gasteiger charge is -2.37. The van der Waals surface area contributed by atoms with Crippen molar-refractivity contribution in [2.75, 3.05) is 26.2 Å². The number of rotatable bonds is 4. The predicted molar refractivity (Wildman–Crippen MR) is 115 cm³/mol. The quantitative estimate of drug-likeness (QED) is 0.724. The summed E-state index contributed by atoms with van der Waals surface area (Å²) in [5.74, 6) is -0.202. The van der Waals surface area contributed by atoms with Crippen molar-refractivity contribution in [3.8, 4) is 0 Å². The summed E-state index contributed by atoms with van der Waals surface area (Å²) in [5, 5.41) is 0. The zero-order valence-electron chi connectivity index (χ0n) is 16.7. The average Bonchev–Trinajstić information content (AvgIpc) is 2.70. The summed E-state index contributed by atoms with van der Waals surface area (Å²) in [6.45, 7) is 5.60. The lowest BCUT2D eigenvalue weighted by atomic mass is 9.95. The van der Waals surface area contributed by atoms with Crippen LogP contribution in [0.25, 0.3) is 0 Å². The van der Waals surface area contributed by atoms with Crippen molar-refractivity contribution in [1.29, 1.82) is 0 Å². The first-order chi connectivity index (χ1) is 13.4. The van der Waals surface area contributed by atoms with Crippen LogP contribution in [0.1, 0.15) is 29.5 Å². The first kappa shape index (κ1) is 22.2. The lowest BCUT2D eigenvalue weighted by molar-refractivity contribution is 0.167. The first-order valence-electron chi connectivity index (χ1n) is 9.99. The summed E-state index contributed by atoms with van der Waals surface area (Å²) in [6.07, 6.45) is 2.93. The third-order valence-corrected chi connectivity index (χ3v) is 7.98. The minimum absolute atomic E-state index is 0. The van der Waals surface area contributed by atoms with E-state index >= 15 is 0 Å². The number of hydrogen-bond acceptors (Lipinski definition) is 3. The molecule has 2 aliphatic rings. The molecule has 0 spiro atoms. The molecule has 1 saturated heterocycles. The molecule has 2 aromatic carbocycles. The van der Waals surface area contributed by atoms with Gasteiger partial charge in [0, 0.05) is 32.7 Å². The number of fused-ring (bicyclic) bond motifs is 1. The Bertz CT molecular complexity index is 967. The van der Waals surface area contributed by atoms with Gasteiger partial charge in [-0.15, -0.1) is 12.4 Å². The molecule has 7 heteroatoms. The van der Waals surface area contributed by atoms with Crippen LogP contribution in [0, 0.1) is 18.7 Å². The van der Waals surface area contributed by atoms with E-state index in [4.69, 9.17) is 0 Å². The molecule has 0 amide bonds. The van der Waals surface area contributed by atoms with Gasteiger partial charge >= 0.3 is 0 Å². The van der Waals surface area contributed by atoms with E-state index in [1.807, 2.05) is 0 Å². The van der Waals surface area contributed by atoms with Crippen molar-refractivity contribution in [2.24, 2.45) is 5.92 Å². The Morgan fingerprint density at radius 1 is 1.10 bits per heavy atom. The number of aryl methyl sites for hydroxylation is 1. The number of sulfonamides is 1. The highest BCUT2D eigenvalue weighted by atomic mass is 35.5. The Balaban J connectivity index is 0.00000240. The van der Waals surface area contributed by atoms with E-state index in [0.29, 0.717) is 24.6 Å². The maximum absolute atomic E-state index is 13.7. The van der Waals surface area contributed by atoms with Gasteiger partial charge in [-0.2, -0.15) is 4.31 Å². The van der Waals surface area contributed by atoms with E-state index in [1.54, 1.807) is 11.2 Å². The second-order valence-electron chi connectivity index (χ2n) is 8.03. The van der Waals surface area contributed by atoms with Gasteiger partial charge in [-0.1, -0.05) is 30.3 Å². The van der Waals surface area contributed by atoms with E-state index in [9.17, 15) is 12.8 Å². The number of nitrogens with zero attached hydrogens (tertiary/aromatic N) is 2. The van der Waals surface area contributed by atoms with Crippen LogP contribution in [-0.2, 0) is 23.0 Å². The molecule has 0 saturated carbocycles. The second kappa shape index (κ2) is 9.13. The zero-order chi connectivity index (χ0) is 19.7. The summed E-state index contributed by atoms with van der Waals surface area (Å²) in [4.78, 5) is 2.54. The molecule has 4 nitrogen and oxygen atoms in total. The van der Waals surface area contributed by atoms with Gasteiger partial charge in [0.2, 0.25) is 10.0 Å². The molecular formula is C22H28ClFN2O2S. The lowest BCUT2D eigenvalue weighted by Crippen LogP contribution is -2.44. The number of halogens is 2. The third-order valence-electron chi connectivity index (χ3n) is 5.98. The first-order valence-corrected chi connectivity index (χ1v) is 11.4. The monoisotopic (exact) mass is 438 g/mol. The molecule has 0 aliphatic carbocycles. The van der Waals surface area contributed by atoms with Gasteiger partial charge in [-0.25, -0.2) is 12.8 Å². The van der Waals surface area contributed by atoms with E-state index in [0.717, 1.165) is 45.0 Å². The summed E-state index contributed by atoms with van der Waals surface area (Å²) < 4.78 is 41.4. The van der Waals surface area contributed by atoms with Crippen molar-refractivity contribution in [3.63, 3.8) is 0 Å². The maximum atomic E-state index is 13.7. The van der Waals surface area contributed by atoms with Crippen LogP contribution >= 0.6 is 12.4 Å². The van der Waals surface area contributed by atoms with Crippen LogP contribution in [0.4, 0.5) is 4.39 Å². The van der Waals surface area contributed by atoms with Crippen LogP contribution in [0.5, 0.6) is 0 Å². The standard InChI is InChI=1S/C22H27FN2O2S.ClH/c1-17-8-9-21(23)13-22(17)28(26,27)25-11-4-5-18(15-25)14-24-12-10-19-6-2-3-7-20(19)16-24;/h2-3,6-9,13,18H,4-5,10-12,14-16H2,1H3;1H. The molecule has 2 aliphatic heterocycles. The topological polar surface area (TPSA) is 40.6 Å². The summed E-state index contributed by atoms with van der Waals surface area (Å²) in [5.41, 5.74) is 3.40. The van der Waals surface area contributed by atoms with Crippen LogP contribution in [-0.4, -0.2) is 43.8 Å². The Labute approximate surface area is 179 Å². The van der Waals surface area contributed by atoms with E-state index in [2.05, 4.69) is 29.2 Å². The number of hydrogen-bond donors (Lipinski definition) is 0. The van der Waals surface area contributed by atoms with Crippen molar-refractivity contribution in [3.05, 3.63) is 65.0 Å². The molecule has 0 bridgehead atoms. The van der Waals surface area contributed by atoms with E-state index < -0.39 is 15.8 Å². The molecule has 1 unspecified atom stereocenters. The van der Waals surface area contributed by atoms with Crippen LogP contribution in [0.2, 0.25) is 0 Å². The molecule has 2 aromatic rings. The number of benzene rings is 2. The Kier molecular flexibility index (Phi) is 6.99. The molecule has 2 heterocycles. The van der Waals surface area contributed by atoms with Crippen LogP contribution in [0.3, 0.4) is 0 Å². The summed E-state index contributed by atoms with van der Waals surface area (Å²) in [6, 6.07) is 12.5. The minimum atomic E-state index is -3.66. The van der Waals surface area contributed by atoms with Crippen molar-refractivity contribution >= 4 is 22.4 Å². The van der Waals surface area contributed by atoms with Crippen LogP contribution < -0.4 is 0 Å². The molecule has 1 atom stereocenters. The second-order valence-corrected chi connectivity index (χ2v) is 9.94. The Morgan fingerprint density at radius 2 is 1.86 bits per heavy atom. The van der Waals surface area contributed by atoms with Gasteiger partial charge in [-0.3, -0.25) is 4.90 Å². The fourth-order valence-corrected chi connectivity index (χ4v) is 6.25. The van der Waals surface area contributed by atoms with Gasteiger partial charge in [0.05, 0.1) is 4.90 Å². The molecule has 4 rings (SSSR count). The van der Waals surface area contributed by atoms with E-state index in [-0.39, 0.29) is 17.3 Å². The summed E-state index contributed by atoms with van der Waals surface area (Å²) in [7, 11) is -3.66. The highest BCUT2D eigenvalue weighted by Gasteiger charge is 2.32. The van der Waals surface area contributed by atoms with Crippen LogP contribution in [0.15, 0.2) is 47.4 Å². The van der Waals surface area contributed by atoms with E-state index in [1.165, 1.54) is 23.3 Å². The van der Waals surface area contributed by atoms with Gasteiger partial charge in [0.15, 0.2) is 0 Å². The zero-order valence-corrected chi connectivity index (χ0v) is 18.3. The largest absolute Gasteiger partial charge is 0.298 e. The van der Waals surface area contributed by atoms with Crippen molar-refractivity contribution < 1.29 is 12.8 Å².